The molecule has 3 aromatic carbocycles. The number of allylic oxidation sites excluding steroid dienone is 11. The molecule has 0 N–H and O–H groups in total. The van der Waals surface area contributed by atoms with Gasteiger partial charge >= 0.3 is 0 Å². The van der Waals surface area contributed by atoms with Crippen molar-refractivity contribution in [3.63, 3.8) is 0 Å². The first-order valence-electron chi connectivity index (χ1n) is 18.6. The summed E-state index contributed by atoms with van der Waals surface area (Å²) < 4.78 is 0. The highest BCUT2D eigenvalue weighted by Crippen LogP contribution is 2.43. The van der Waals surface area contributed by atoms with Crippen molar-refractivity contribution in [2.45, 2.75) is 92.5 Å². The van der Waals surface area contributed by atoms with Crippen LogP contribution in [0.15, 0.2) is 137 Å². The molecule has 0 bridgehead atoms. The maximum atomic E-state index is 4.86. The van der Waals surface area contributed by atoms with Gasteiger partial charge in [-0.05, 0) is 132 Å². The number of aromatic nitrogens is 1. The van der Waals surface area contributed by atoms with Gasteiger partial charge in [0.25, 0.3) is 0 Å². The number of hydrogen-bond donors (Lipinski definition) is 0. The van der Waals surface area contributed by atoms with Gasteiger partial charge in [-0.3, -0.25) is 9.98 Å². The number of pyridine rings is 1. The second-order valence-corrected chi connectivity index (χ2v) is 13.3. The maximum absolute atomic E-state index is 4.86. The van der Waals surface area contributed by atoms with Crippen LogP contribution >= 0.6 is 0 Å². The molecule has 0 saturated heterocycles. The van der Waals surface area contributed by atoms with Crippen LogP contribution in [0.3, 0.4) is 0 Å². The summed E-state index contributed by atoms with van der Waals surface area (Å²) >= 11 is 0. The van der Waals surface area contributed by atoms with E-state index in [0.717, 1.165) is 48.9 Å². The van der Waals surface area contributed by atoms with Crippen molar-refractivity contribution in [3.05, 3.63) is 160 Å². The zero-order valence-electron chi connectivity index (χ0n) is 31.2. The van der Waals surface area contributed by atoms with Gasteiger partial charge in [-0.2, -0.15) is 0 Å². The van der Waals surface area contributed by atoms with Crippen LogP contribution in [-0.2, 0) is 0 Å². The van der Waals surface area contributed by atoms with E-state index in [2.05, 4.69) is 145 Å². The van der Waals surface area contributed by atoms with Gasteiger partial charge in [-0.25, -0.2) is 0 Å². The highest BCUT2D eigenvalue weighted by atomic mass is 14.8. The summed E-state index contributed by atoms with van der Waals surface area (Å²) in [5.74, 6) is 0.238. The first-order valence-corrected chi connectivity index (χ1v) is 18.6. The highest BCUT2D eigenvalue weighted by molar-refractivity contribution is 5.98. The van der Waals surface area contributed by atoms with Gasteiger partial charge in [0.05, 0.1) is 11.7 Å². The minimum atomic E-state index is 0.0536. The number of hydrogen-bond acceptors (Lipinski definition) is 2. The zero-order chi connectivity index (χ0) is 35.5. The molecule has 4 aromatic rings. The Morgan fingerprint density at radius 3 is 2.50 bits per heavy atom. The highest BCUT2D eigenvalue weighted by Gasteiger charge is 2.24. The standard InChI is InChI=1S/C48H54N2/c1-8-12-19-37(11-4)48(40-28-27-34(5)38(32-40)20-13-9-2)46-22-16-15-21-42(46)35(6)41-23-17-25-44-43(41)24-18-26-45(44)47-33-39(29-31-50-47)36(7)49-30-14-10-3/h10,12-14,16-20,22-33,35-36H,8-9,11,15,21H2,1-7H3/b14-10-,19-12-,20-13-,48-37+,49-30?. The van der Waals surface area contributed by atoms with Gasteiger partial charge in [0, 0.05) is 23.9 Å². The Bertz CT molecular complexity index is 2010. The van der Waals surface area contributed by atoms with Crippen LogP contribution in [-0.4, -0.2) is 11.2 Å². The number of benzene rings is 3. The van der Waals surface area contributed by atoms with Crippen molar-refractivity contribution in [2.24, 2.45) is 4.99 Å². The molecule has 0 amide bonds. The van der Waals surface area contributed by atoms with Crippen LogP contribution in [0.25, 0.3) is 33.7 Å². The summed E-state index contributed by atoms with van der Waals surface area (Å²) in [6, 6.07) is 24.9. The molecule has 2 atom stereocenters. The third kappa shape index (κ3) is 8.30. The van der Waals surface area contributed by atoms with Crippen molar-refractivity contribution in [3.8, 4) is 11.3 Å². The molecule has 2 nitrogen and oxygen atoms in total. The first kappa shape index (κ1) is 36.5. The quantitative estimate of drug-likeness (QED) is 0.104. The predicted octanol–water partition coefficient (Wildman–Crippen LogP) is 13.9. The van der Waals surface area contributed by atoms with Gasteiger partial charge in [0.15, 0.2) is 0 Å². The van der Waals surface area contributed by atoms with Crippen molar-refractivity contribution < 1.29 is 0 Å². The van der Waals surface area contributed by atoms with E-state index in [4.69, 9.17) is 9.98 Å². The second kappa shape index (κ2) is 17.7. The Balaban J connectivity index is 1.66. The maximum Gasteiger partial charge on any atom is 0.0722 e. The Hall–Kier alpha value is -4.82. The van der Waals surface area contributed by atoms with Crippen molar-refractivity contribution in [2.75, 3.05) is 0 Å². The smallest absolute Gasteiger partial charge is 0.0722 e. The molecule has 256 valence electrons. The lowest BCUT2D eigenvalue weighted by atomic mass is 9.77. The molecule has 2 heteroatoms. The normalized spacial score (nSPS) is 15.7. The lowest BCUT2D eigenvalue weighted by Crippen LogP contribution is -2.08. The molecular formula is C48H54N2. The fourth-order valence-electron chi connectivity index (χ4n) is 7.08. The summed E-state index contributed by atoms with van der Waals surface area (Å²) in [5, 5.41) is 2.53. The molecular weight excluding hydrogens is 605 g/mol. The number of rotatable bonds is 13. The van der Waals surface area contributed by atoms with Crippen molar-refractivity contribution in [1.82, 2.24) is 4.98 Å². The zero-order valence-corrected chi connectivity index (χ0v) is 31.2. The molecule has 50 heavy (non-hydrogen) atoms. The van der Waals surface area contributed by atoms with Crippen LogP contribution in [0.2, 0.25) is 0 Å². The summed E-state index contributed by atoms with van der Waals surface area (Å²) in [7, 11) is 0. The first-order chi connectivity index (χ1) is 24.4. The van der Waals surface area contributed by atoms with E-state index in [1.807, 2.05) is 31.5 Å². The fraction of sp³-hybridized carbons (Fsp3) is 0.292. The van der Waals surface area contributed by atoms with Gasteiger partial charge in [0.1, 0.15) is 0 Å². The number of aliphatic imine (C=N–C) groups is 1. The van der Waals surface area contributed by atoms with E-state index < -0.39 is 0 Å². The van der Waals surface area contributed by atoms with E-state index >= 15 is 0 Å². The van der Waals surface area contributed by atoms with Crippen LogP contribution in [0.1, 0.15) is 113 Å². The Morgan fingerprint density at radius 2 is 1.72 bits per heavy atom. The van der Waals surface area contributed by atoms with Gasteiger partial charge in [-0.15, -0.1) is 0 Å². The third-order valence-corrected chi connectivity index (χ3v) is 9.91. The Morgan fingerprint density at radius 1 is 0.920 bits per heavy atom. The fourth-order valence-corrected chi connectivity index (χ4v) is 7.08. The molecule has 5 rings (SSSR count). The number of fused-ring (bicyclic) bond motifs is 1. The summed E-state index contributed by atoms with van der Waals surface area (Å²) in [6.45, 7) is 15.5. The lowest BCUT2D eigenvalue weighted by Gasteiger charge is -2.27. The summed E-state index contributed by atoms with van der Waals surface area (Å²) in [4.78, 5) is 9.56. The average Bonchev–Trinajstić information content (AvgIpc) is 3.15. The van der Waals surface area contributed by atoms with Gasteiger partial charge in [0.2, 0.25) is 0 Å². The molecule has 0 fully saturated rings. The molecule has 0 radical (unpaired) electrons. The molecule has 1 aliphatic carbocycles. The monoisotopic (exact) mass is 658 g/mol. The SMILES string of the molecule is C/C=C\C=NC(C)c1ccnc(-c2cccc3c(C(C)C4=C(/C(=C(/C=C\CC)CC)c5ccc(C)c(/C=C\CC)c5)C=CCC4)cccc23)c1. The van der Waals surface area contributed by atoms with Crippen LogP contribution < -0.4 is 0 Å². The van der Waals surface area contributed by atoms with E-state index in [1.54, 1.807) is 0 Å². The Labute approximate surface area is 301 Å². The van der Waals surface area contributed by atoms with E-state index in [1.165, 1.54) is 55.3 Å². The molecule has 0 aliphatic heterocycles. The number of aryl methyl sites for hydroxylation is 1. The molecule has 0 saturated carbocycles. The van der Waals surface area contributed by atoms with Crippen molar-refractivity contribution >= 4 is 28.6 Å². The number of nitrogens with zero attached hydrogens (tertiary/aromatic N) is 2. The van der Waals surface area contributed by atoms with E-state index in [-0.39, 0.29) is 12.0 Å². The van der Waals surface area contributed by atoms with Crippen molar-refractivity contribution in [1.29, 1.82) is 0 Å². The average molecular weight is 659 g/mol. The van der Waals surface area contributed by atoms with Crippen LogP contribution in [0.4, 0.5) is 0 Å². The summed E-state index contributed by atoms with van der Waals surface area (Å²) in [5.41, 5.74) is 14.2. The minimum Gasteiger partial charge on any atom is -0.285 e. The molecule has 0 spiro atoms. The molecule has 2 unspecified atom stereocenters. The van der Waals surface area contributed by atoms with E-state index in [0.29, 0.717) is 0 Å². The topological polar surface area (TPSA) is 25.2 Å². The Kier molecular flexibility index (Phi) is 12.9. The third-order valence-electron chi connectivity index (χ3n) is 9.91. The predicted molar refractivity (Wildman–Crippen MR) is 220 cm³/mol. The van der Waals surface area contributed by atoms with Gasteiger partial charge in [-0.1, -0.05) is 124 Å². The summed E-state index contributed by atoms with van der Waals surface area (Å²) in [6.07, 6.45) is 26.9. The lowest BCUT2D eigenvalue weighted by molar-refractivity contribution is 0.796. The van der Waals surface area contributed by atoms with Gasteiger partial charge < -0.3 is 0 Å². The minimum absolute atomic E-state index is 0.0536. The largest absolute Gasteiger partial charge is 0.285 e. The molecule has 1 aromatic heterocycles. The van der Waals surface area contributed by atoms with E-state index in [9.17, 15) is 0 Å². The second-order valence-electron chi connectivity index (χ2n) is 13.3. The molecule has 1 heterocycles. The van der Waals surface area contributed by atoms with Crippen LogP contribution in [0, 0.1) is 6.92 Å². The molecule has 1 aliphatic rings. The van der Waals surface area contributed by atoms with Crippen LogP contribution in [0.5, 0.6) is 0 Å².